The highest BCUT2D eigenvalue weighted by Gasteiger charge is 2.26. The summed E-state index contributed by atoms with van der Waals surface area (Å²) >= 11 is 0. The fourth-order valence-electron chi connectivity index (χ4n) is 3.84. The summed E-state index contributed by atoms with van der Waals surface area (Å²) in [7, 11) is 4.81. The van der Waals surface area contributed by atoms with Crippen molar-refractivity contribution in [2.45, 2.75) is 25.8 Å². The average molecular weight is 573 g/mol. The van der Waals surface area contributed by atoms with Gasteiger partial charge in [-0.1, -0.05) is 6.07 Å². The number of anilines is 1. The minimum Gasteiger partial charge on any atom is -0.493 e. The standard InChI is InChI=1S/C23H32FN5O3.HI/c1-5-25-23(28-17-11-14-29(15-17)22-18(24)7-6-12-26-22)27-13-10-16-8-9-19(30-2)21(32-4)20(16)31-3;/h6-9,12,17H,5,10-11,13-15H2,1-4H3,(H2,25,27,28);1H. The molecule has 1 aliphatic heterocycles. The van der Waals surface area contributed by atoms with E-state index in [2.05, 4.69) is 15.6 Å². The van der Waals surface area contributed by atoms with Crippen LogP contribution in [0.5, 0.6) is 17.2 Å². The van der Waals surface area contributed by atoms with Crippen LogP contribution in [0.3, 0.4) is 0 Å². The van der Waals surface area contributed by atoms with Gasteiger partial charge in [0, 0.05) is 44.0 Å². The number of halogens is 2. The van der Waals surface area contributed by atoms with Gasteiger partial charge in [-0.15, -0.1) is 24.0 Å². The number of nitrogens with zero attached hydrogens (tertiary/aromatic N) is 3. The van der Waals surface area contributed by atoms with Gasteiger partial charge in [0.25, 0.3) is 0 Å². The van der Waals surface area contributed by atoms with Crippen LogP contribution in [0.2, 0.25) is 0 Å². The van der Waals surface area contributed by atoms with Crippen LogP contribution in [0.1, 0.15) is 18.9 Å². The number of aliphatic imine (C=N–C) groups is 1. The third-order valence-electron chi connectivity index (χ3n) is 5.35. The highest BCUT2D eigenvalue weighted by molar-refractivity contribution is 14.0. The van der Waals surface area contributed by atoms with Gasteiger partial charge < -0.3 is 29.7 Å². The first-order valence-electron chi connectivity index (χ1n) is 10.8. The van der Waals surface area contributed by atoms with Gasteiger partial charge in [-0.25, -0.2) is 9.37 Å². The molecule has 1 aromatic heterocycles. The number of aromatic nitrogens is 1. The van der Waals surface area contributed by atoms with E-state index in [-0.39, 0.29) is 35.8 Å². The second-order valence-corrected chi connectivity index (χ2v) is 7.39. The summed E-state index contributed by atoms with van der Waals surface area (Å²) in [4.78, 5) is 10.9. The number of ether oxygens (including phenoxy) is 3. The van der Waals surface area contributed by atoms with E-state index in [1.165, 1.54) is 6.07 Å². The van der Waals surface area contributed by atoms with Crippen LogP contribution in [0.4, 0.5) is 10.2 Å². The number of pyridine rings is 1. The number of nitrogens with one attached hydrogen (secondary N) is 2. The monoisotopic (exact) mass is 573 g/mol. The van der Waals surface area contributed by atoms with Gasteiger partial charge >= 0.3 is 0 Å². The third kappa shape index (κ3) is 6.75. The first kappa shape index (κ1) is 26.7. The Labute approximate surface area is 211 Å². The second-order valence-electron chi connectivity index (χ2n) is 7.39. The summed E-state index contributed by atoms with van der Waals surface area (Å²) in [6.07, 6.45) is 3.17. The fourth-order valence-corrected chi connectivity index (χ4v) is 3.84. The number of hydrogen-bond donors (Lipinski definition) is 2. The minimum atomic E-state index is -0.294. The lowest BCUT2D eigenvalue weighted by Crippen LogP contribution is -2.44. The maximum absolute atomic E-state index is 14.1. The Kier molecular flexibility index (Phi) is 10.8. The van der Waals surface area contributed by atoms with Crippen molar-refractivity contribution in [3.63, 3.8) is 0 Å². The van der Waals surface area contributed by atoms with Crippen LogP contribution in [0.25, 0.3) is 0 Å². The van der Waals surface area contributed by atoms with E-state index in [9.17, 15) is 4.39 Å². The first-order valence-corrected chi connectivity index (χ1v) is 10.8. The molecule has 1 unspecified atom stereocenters. The van der Waals surface area contributed by atoms with Crippen molar-refractivity contribution < 1.29 is 18.6 Å². The maximum Gasteiger partial charge on any atom is 0.203 e. The zero-order valence-corrected chi connectivity index (χ0v) is 21.9. The van der Waals surface area contributed by atoms with Gasteiger partial charge in [-0.2, -0.15) is 0 Å². The summed E-state index contributed by atoms with van der Waals surface area (Å²) in [6.45, 7) is 4.75. The number of benzene rings is 1. The molecule has 2 heterocycles. The quantitative estimate of drug-likeness (QED) is 0.271. The van der Waals surface area contributed by atoms with Crippen LogP contribution >= 0.6 is 24.0 Å². The molecule has 8 nitrogen and oxygen atoms in total. The van der Waals surface area contributed by atoms with Crippen molar-refractivity contribution in [3.8, 4) is 17.2 Å². The predicted molar refractivity (Wildman–Crippen MR) is 139 cm³/mol. The zero-order chi connectivity index (χ0) is 22.9. The molecule has 33 heavy (non-hydrogen) atoms. The van der Waals surface area contributed by atoms with Crippen LogP contribution < -0.4 is 29.7 Å². The van der Waals surface area contributed by atoms with Crippen LogP contribution in [0, 0.1) is 5.82 Å². The van der Waals surface area contributed by atoms with Gasteiger partial charge in [0.15, 0.2) is 29.1 Å². The highest BCUT2D eigenvalue weighted by atomic mass is 127. The molecule has 1 atom stereocenters. The molecular weight excluding hydrogens is 540 g/mol. The topological polar surface area (TPSA) is 80.2 Å². The lowest BCUT2D eigenvalue weighted by molar-refractivity contribution is 0.322. The third-order valence-corrected chi connectivity index (χ3v) is 5.35. The van der Waals surface area contributed by atoms with Gasteiger partial charge in [0.1, 0.15) is 0 Å². The van der Waals surface area contributed by atoms with E-state index in [1.54, 1.807) is 33.6 Å². The molecule has 2 aromatic rings. The van der Waals surface area contributed by atoms with E-state index in [0.717, 1.165) is 31.0 Å². The molecule has 0 amide bonds. The van der Waals surface area contributed by atoms with Crippen molar-refractivity contribution in [2.24, 2.45) is 4.99 Å². The number of hydrogen-bond acceptors (Lipinski definition) is 6. The molecule has 0 bridgehead atoms. The highest BCUT2D eigenvalue weighted by Crippen LogP contribution is 2.39. The van der Waals surface area contributed by atoms with E-state index in [1.807, 2.05) is 24.0 Å². The van der Waals surface area contributed by atoms with Crippen LogP contribution in [-0.4, -0.2) is 64.5 Å². The van der Waals surface area contributed by atoms with E-state index in [4.69, 9.17) is 19.2 Å². The molecule has 2 N–H and O–H groups in total. The van der Waals surface area contributed by atoms with Crippen molar-refractivity contribution in [1.82, 2.24) is 15.6 Å². The Morgan fingerprint density at radius 2 is 1.97 bits per heavy atom. The van der Waals surface area contributed by atoms with Gasteiger partial charge in [-0.3, -0.25) is 4.99 Å². The molecule has 1 saturated heterocycles. The second kappa shape index (κ2) is 13.3. The molecule has 182 valence electrons. The number of guanidine groups is 1. The van der Waals surface area contributed by atoms with Gasteiger partial charge in [-0.05, 0) is 38.0 Å². The predicted octanol–water partition coefficient (Wildman–Crippen LogP) is 3.24. The number of rotatable bonds is 9. The molecule has 10 heteroatoms. The Morgan fingerprint density at radius 3 is 2.64 bits per heavy atom. The molecule has 0 spiro atoms. The summed E-state index contributed by atoms with van der Waals surface area (Å²) in [5.74, 6) is 2.71. The smallest absolute Gasteiger partial charge is 0.203 e. The molecule has 3 rings (SSSR count). The maximum atomic E-state index is 14.1. The van der Waals surface area contributed by atoms with E-state index < -0.39 is 0 Å². The van der Waals surface area contributed by atoms with Crippen molar-refractivity contribution in [2.75, 3.05) is 52.4 Å². The van der Waals surface area contributed by atoms with E-state index >= 15 is 0 Å². The lowest BCUT2D eigenvalue weighted by atomic mass is 10.1. The van der Waals surface area contributed by atoms with Crippen molar-refractivity contribution in [3.05, 3.63) is 41.8 Å². The minimum absolute atomic E-state index is 0. The summed E-state index contributed by atoms with van der Waals surface area (Å²) in [6, 6.07) is 7.04. The van der Waals surface area contributed by atoms with Gasteiger partial charge in [0.2, 0.25) is 5.75 Å². The lowest BCUT2D eigenvalue weighted by Gasteiger charge is -2.20. The summed E-state index contributed by atoms with van der Waals surface area (Å²) in [5.41, 5.74) is 0.988. The molecule has 1 aromatic carbocycles. The molecule has 0 aliphatic carbocycles. The van der Waals surface area contributed by atoms with Crippen molar-refractivity contribution >= 4 is 35.8 Å². The summed E-state index contributed by atoms with van der Waals surface area (Å²) in [5, 5.41) is 6.75. The number of methoxy groups -OCH3 is 3. The Bertz CT molecular complexity index is 931. The Morgan fingerprint density at radius 1 is 1.18 bits per heavy atom. The molecule has 1 aliphatic rings. The fraction of sp³-hybridized carbons (Fsp3) is 0.478. The normalized spacial score (nSPS) is 15.6. The van der Waals surface area contributed by atoms with Crippen molar-refractivity contribution in [1.29, 1.82) is 0 Å². The zero-order valence-electron chi connectivity index (χ0n) is 19.6. The largest absolute Gasteiger partial charge is 0.493 e. The van der Waals surface area contributed by atoms with Crippen LogP contribution in [0.15, 0.2) is 35.5 Å². The SMILES string of the molecule is CCNC(=NCCc1ccc(OC)c(OC)c1OC)NC1CCN(c2ncccc2F)C1.I. The van der Waals surface area contributed by atoms with Gasteiger partial charge in [0.05, 0.1) is 21.3 Å². The molecule has 1 fully saturated rings. The average Bonchev–Trinajstić information content (AvgIpc) is 3.27. The summed E-state index contributed by atoms with van der Waals surface area (Å²) < 4.78 is 30.4. The molecule has 0 saturated carbocycles. The first-order chi connectivity index (χ1) is 15.6. The van der Waals surface area contributed by atoms with Crippen LogP contribution in [-0.2, 0) is 6.42 Å². The molecular formula is C23H33FIN5O3. The van der Waals surface area contributed by atoms with E-state index in [0.29, 0.717) is 42.6 Å². The Hall–Kier alpha value is -2.50. The Balaban J connectivity index is 0.00000385. The molecule has 0 radical (unpaired) electrons.